The minimum Gasteiger partial charge on any atom is -0.396 e. The van der Waals surface area contributed by atoms with Crippen LogP contribution in [0.1, 0.15) is 30.5 Å². The number of thioether (sulfide) groups is 1. The van der Waals surface area contributed by atoms with Gasteiger partial charge in [-0.05, 0) is 18.6 Å². The van der Waals surface area contributed by atoms with Crippen LogP contribution in [-0.2, 0) is 6.42 Å². The van der Waals surface area contributed by atoms with E-state index in [0.717, 1.165) is 18.1 Å². The van der Waals surface area contributed by atoms with Crippen LogP contribution in [-0.4, -0.2) is 33.4 Å². The summed E-state index contributed by atoms with van der Waals surface area (Å²) in [5.74, 6) is 4.13. The van der Waals surface area contributed by atoms with Gasteiger partial charge in [0.25, 0.3) is 0 Å². The van der Waals surface area contributed by atoms with Crippen LogP contribution in [0.2, 0.25) is 0 Å². The molecule has 1 aromatic rings. The monoisotopic (exact) mass is 214 g/mol. The Labute approximate surface area is 87.1 Å². The standard InChI is InChI=1S/C9H14N2O2S/c12-4-3-8-10-9(13-11-8)7-2-1-5-14-6-7/h7,12H,1-6H2. The lowest BCUT2D eigenvalue weighted by molar-refractivity contribution is 0.292. The van der Waals surface area contributed by atoms with Gasteiger partial charge in [0.2, 0.25) is 5.89 Å². The van der Waals surface area contributed by atoms with Gasteiger partial charge in [-0.3, -0.25) is 0 Å². The second kappa shape index (κ2) is 4.79. The molecule has 1 unspecified atom stereocenters. The maximum Gasteiger partial charge on any atom is 0.230 e. The molecule has 1 saturated heterocycles. The van der Waals surface area contributed by atoms with Gasteiger partial charge in [-0.25, -0.2) is 0 Å². The van der Waals surface area contributed by atoms with E-state index in [0.29, 0.717) is 18.2 Å². The van der Waals surface area contributed by atoms with Gasteiger partial charge in [-0.15, -0.1) is 0 Å². The van der Waals surface area contributed by atoms with Crippen LogP contribution in [0.15, 0.2) is 4.52 Å². The van der Waals surface area contributed by atoms with E-state index in [1.165, 1.54) is 12.2 Å². The summed E-state index contributed by atoms with van der Waals surface area (Å²) in [6.07, 6.45) is 2.87. The molecular weight excluding hydrogens is 200 g/mol. The average Bonchev–Trinajstić information content (AvgIpc) is 2.68. The van der Waals surface area contributed by atoms with Gasteiger partial charge in [0, 0.05) is 18.1 Å². The number of rotatable bonds is 3. The van der Waals surface area contributed by atoms with Crippen molar-refractivity contribution in [3.05, 3.63) is 11.7 Å². The number of aromatic nitrogens is 2. The van der Waals surface area contributed by atoms with Crippen LogP contribution >= 0.6 is 11.8 Å². The van der Waals surface area contributed by atoms with Crippen molar-refractivity contribution in [3.63, 3.8) is 0 Å². The largest absolute Gasteiger partial charge is 0.396 e. The molecule has 1 atom stereocenters. The summed E-state index contributed by atoms with van der Waals surface area (Å²) >= 11 is 1.94. The number of hydrogen-bond acceptors (Lipinski definition) is 5. The van der Waals surface area contributed by atoms with Crippen molar-refractivity contribution in [2.24, 2.45) is 0 Å². The van der Waals surface area contributed by atoms with E-state index < -0.39 is 0 Å². The van der Waals surface area contributed by atoms with Gasteiger partial charge in [0.05, 0.1) is 6.61 Å². The predicted octanol–water partition coefficient (Wildman–Crippen LogP) is 1.22. The average molecular weight is 214 g/mol. The Hall–Kier alpha value is -0.550. The summed E-state index contributed by atoms with van der Waals surface area (Å²) in [7, 11) is 0. The SMILES string of the molecule is OCCc1noc(C2CCCSC2)n1. The summed E-state index contributed by atoms with van der Waals surface area (Å²) in [4.78, 5) is 4.27. The molecule has 4 nitrogen and oxygen atoms in total. The third kappa shape index (κ3) is 2.27. The summed E-state index contributed by atoms with van der Waals surface area (Å²) in [6, 6.07) is 0. The zero-order valence-corrected chi connectivity index (χ0v) is 8.79. The van der Waals surface area contributed by atoms with Gasteiger partial charge >= 0.3 is 0 Å². The van der Waals surface area contributed by atoms with E-state index in [1.807, 2.05) is 11.8 Å². The first kappa shape index (κ1) is 9.98. The van der Waals surface area contributed by atoms with Crippen molar-refractivity contribution in [2.75, 3.05) is 18.1 Å². The molecule has 0 aliphatic carbocycles. The molecule has 5 heteroatoms. The highest BCUT2D eigenvalue weighted by atomic mass is 32.2. The first-order chi connectivity index (χ1) is 6.90. The highest BCUT2D eigenvalue weighted by Gasteiger charge is 2.21. The number of hydrogen-bond donors (Lipinski definition) is 1. The number of aliphatic hydroxyl groups excluding tert-OH is 1. The smallest absolute Gasteiger partial charge is 0.230 e. The molecular formula is C9H14N2O2S. The Bertz CT molecular complexity index is 284. The lowest BCUT2D eigenvalue weighted by Crippen LogP contribution is -2.09. The highest BCUT2D eigenvalue weighted by molar-refractivity contribution is 7.99. The molecule has 1 aromatic heterocycles. The zero-order chi connectivity index (χ0) is 9.80. The first-order valence-corrected chi connectivity index (χ1v) is 6.06. The molecule has 0 bridgehead atoms. The molecule has 2 heterocycles. The topological polar surface area (TPSA) is 59.2 Å². The minimum absolute atomic E-state index is 0.0817. The highest BCUT2D eigenvalue weighted by Crippen LogP contribution is 2.29. The van der Waals surface area contributed by atoms with Crippen molar-refractivity contribution >= 4 is 11.8 Å². The summed E-state index contributed by atoms with van der Waals surface area (Å²) < 4.78 is 5.17. The Morgan fingerprint density at radius 3 is 3.21 bits per heavy atom. The van der Waals surface area contributed by atoms with E-state index in [1.54, 1.807) is 0 Å². The van der Waals surface area contributed by atoms with Crippen LogP contribution in [0.4, 0.5) is 0 Å². The van der Waals surface area contributed by atoms with Crippen molar-refractivity contribution in [1.82, 2.24) is 10.1 Å². The second-order valence-electron chi connectivity index (χ2n) is 3.44. The fourth-order valence-corrected chi connectivity index (χ4v) is 2.70. The number of aliphatic hydroxyl groups is 1. The predicted molar refractivity (Wildman–Crippen MR) is 54.4 cm³/mol. The van der Waals surface area contributed by atoms with Crippen molar-refractivity contribution < 1.29 is 9.63 Å². The van der Waals surface area contributed by atoms with Crippen LogP contribution in [0.3, 0.4) is 0 Å². The molecule has 0 aromatic carbocycles. The van der Waals surface area contributed by atoms with E-state index in [2.05, 4.69) is 10.1 Å². The number of nitrogens with zero attached hydrogens (tertiary/aromatic N) is 2. The van der Waals surface area contributed by atoms with E-state index in [-0.39, 0.29) is 6.61 Å². The van der Waals surface area contributed by atoms with Crippen LogP contribution in [0.25, 0.3) is 0 Å². The first-order valence-electron chi connectivity index (χ1n) is 4.91. The van der Waals surface area contributed by atoms with Crippen LogP contribution < -0.4 is 0 Å². The Balaban J connectivity index is 2.00. The van der Waals surface area contributed by atoms with E-state index in [4.69, 9.17) is 9.63 Å². The normalized spacial score (nSPS) is 22.5. The minimum atomic E-state index is 0.0817. The lowest BCUT2D eigenvalue weighted by atomic mass is 10.1. The summed E-state index contributed by atoms with van der Waals surface area (Å²) in [6.45, 7) is 0.0817. The summed E-state index contributed by atoms with van der Waals surface area (Å²) in [5.41, 5.74) is 0. The Morgan fingerprint density at radius 1 is 1.57 bits per heavy atom. The van der Waals surface area contributed by atoms with E-state index in [9.17, 15) is 0 Å². The fourth-order valence-electron chi connectivity index (χ4n) is 1.57. The van der Waals surface area contributed by atoms with Gasteiger partial charge in [-0.1, -0.05) is 5.16 Å². The van der Waals surface area contributed by atoms with Crippen LogP contribution in [0, 0.1) is 0 Å². The second-order valence-corrected chi connectivity index (χ2v) is 4.59. The Morgan fingerprint density at radius 2 is 2.50 bits per heavy atom. The van der Waals surface area contributed by atoms with E-state index >= 15 is 0 Å². The molecule has 2 rings (SSSR count). The molecule has 1 N–H and O–H groups in total. The lowest BCUT2D eigenvalue weighted by Gasteiger charge is -2.16. The summed E-state index contributed by atoms with van der Waals surface area (Å²) in [5, 5.41) is 12.5. The third-order valence-electron chi connectivity index (χ3n) is 2.33. The molecule has 1 aliphatic rings. The molecule has 1 fully saturated rings. The molecule has 0 radical (unpaired) electrons. The van der Waals surface area contributed by atoms with Gasteiger partial charge in [-0.2, -0.15) is 16.7 Å². The van der Waals surface area contributed by atoms with Gasteiger partial charge < -0.3 is 9.63 Å². The molecule has 0 spiro atoms. The molecule has 0 saturated carbocycles. The maximum atomic E-state index is 8.71. The molecule has 1 aliphatic heterocycles. The van der Waals surface area contributed by atoms with Crippen molar-refractivity contribution in [3.8, 4) is 0 Å². The zero-order valence-electron chi connectivity index (χ0n) is 7.98. The van der Waals surface area contributed by atoms with Crippen LogP contribution in [0.5, 0.6) is 0 Å². The van der Waals surface area contributed by atoms with Crippen molar-refractivity contribution in [2.45, 2.75) is 25.2 Å². The third-order valence-corrected chi connectivity index (χ3v) is 3.54. The van der Waals surface area contributed by atoms with Crippen molar-refractivity contribution in [1.29, 1.82) is 0 Å². The Kier molecular flexibility index (Phi) is 3.42. The van der Waals surface area contributed by atoms with Gasteiger partial charge in [0.1, 0.15) is 0 Å². The maximum absolute atomic E-state index is 8.71. The van der Waals surface area contributed by atoms with Gasteiger partial charge in [0.15, 0.2) is 5.82 Å². The molecule has 78 valence electrons. The fraction of sp³-hybridized carbons (Fsp3) is 0.778. The molecule has 0 amide bonds. The molecule has 14 heavy (non-hydrogen) atoms. The quantitative estimate of drug-likeness (QED) is 0.819.